The molecular weight excluding hydrogens is 308 g/mol. The van der Waals surface area contributed by atoms with Crippen LogP contribution in [0.2, 0.25) is 5.02 Å². The van der Waals surface area contributed by atoms with Crippen molar-refractivity contribution in [3.05, 3.63) is 28.8 Å². The van der Waals surface area contributed by atoms with Crippen LogP contribution in [-0.2, 0) is 16.3 Å². The van der Waals surface area contributed by atoms with Crippen molar-refractivity contribution in [3.8, 4) is 0 Å². The van der Waals surface area contributed by atoms with E-state index in [0.29, 0.717) is 11.4 Å². The second-order valence-electron chi connectivity index (χ2n) is 5.81. The normalized spacial score (nSPS) is 22.2. The average Bonchev–Trinajstić information content (AvgIpc) is 2.78. The van der Waals surface area contributed by atoms with Crippen LogP contribution in [0.5, 0.6) is 0 Å². The van der Waals surface area contributed by atoms with Crippen molar-refractivity contribution in [2.24, 2.45) is 5.73 Å². The van der Waals surface area contributed by atoms with E-state index in [9.17, 15) is 8.42 Å². The maximum atomic E-state index is 11.7. The van der Waals surface area contributed by atoms with E-state index in [4.69, 9.17) is 17.3 Å². The van der Waals surface area contributed by atoms with Crippen LogP contribution >= 0.6 is 11.6 Å². The molecule has 1 aliphatic heterocycles. The van der Waals surface area contributed by atoms with Crippen LogP contribution < -0.4 is 10.6 Å². The van der Waals surface area contributed by atoms with Gasteiger partial charge in [0.15, 0.2) is 9.84 Å². The SMILES string of the molecule is CCC(N)Cc1cc(Cl)ccc1N(C)C1CCS(=O)(=O)C1. The van der Waals surface area contributed by atoms with Gasteiger partial charge in [0, 0.05) is 29.8 Å². The number of anilines is 1. The zero-order chi connectivity index (χ0) is 15.6. The average molecular weight is 331 g/mol. The molecule has 1 fully saturated rings. The van der Waals surface area contributed by atoms with Gasteiger partial charge in [0.25, 0.3) is 0 Å². The van der Waals surface area contributed by atoms with Crippen LogP contribution in [0.15, 0.2) is 18.2 Å². The Bertz CT molecular complexity index is 604. The van der Waals surface area contributed by atoms with Crippen molar-refractivity contribution in [1.82, 2.24) is 0 Å². The first-order valence-electron chi connectivity index (χ1n) is 7.29. The highest BCUT2D eigenvalue weighted by Crippen LogP contribution is 2.29. The molecule has 1 heterocycles. The largest absolute Gasteiger partial charge is 0.370 e. The van der Waals surface area contributed by atoms with E-state index in [1.54, 1.807) is 0 Å². The van der Waals surface area contributed by atoms with Gasteiger partial charge >= 0.3 is 0 Å². The van der Waals surface area contributed by atoms with Crippen molar-refractivity contribution in [2.45, 2.75) is 38.3 Å². The first-order chi connectivity index (χ1) is 9.82. The number of benzene rings is 1. The van der Waals surface area contributed by atoms with E-state index in [1.807, 2.05) is 25.2 Å². The molecule has 2 atom stereocenters. The Kier molecular flexibility index (Phi) is 5.17. The molecular formula is C15H23ClN2O2S. The van der Waals surface area contributed by atoms with Crippen molar-refractivity contribution in [3.63, 3.8) is 0 Å². The van der Waals surface area contributed by atoms with Crippen LogP contribution in [0.4, 0.5) is 5.69 Å². The summed E-state index contributed by atoms with van der Waals surface area (Å²) in [6, 6.07) is 5.87. The molecule has 1 aliphatic rings. The monoisotopic (exact) mass is 330 g/mol. The molecule has 2 unspecified atom stereocenters. The molecule has 118 valence electrons. The Morgan fingerprint density at radius 2 is 2.19 bits per heavy atom. The lowest BCUT2D eigenvalue weighted by Crippen LogP contribution is -2.34. The lowest BCUT2D eigenvalue weighted by Gasteiger charge is -2.28. The molecule has 0 saturated carbocycles. The summed E-state index contributed by atoms with van der Waals surface area (Å²) in [5, 5.41) is 0.685. The predicted molar refractivity (Wildman–Crippen MR) is 88.9 cm³/mol. The van der Waals surface area contributed by atoms with E-state index >= 15 is 0 Å². The van der Waals surface area contributed by atoms with E-state index in [1.165, 1.54) is 0 Å². The van der Waals surface area contributed by atoms with Gasteiger partial charge in [-0.15, -0.1) is 0 Å². The fraction of sp³-hybridized carbons (Fsp3) is 0.600. The fourth-order valence-corrected chi connectivity index (χ4v) is 4.74. The molecule has 21 heavy (non-hydrogen) atoms. The lowest BCUT2D eigenvalue weighted by atomic mass is 10.0. The minimum Gasteiger partial charge on any atom is -0.370 e. The van der Waals surface area contributed by atoms with Crippen molar-refractivity contribution in [2.75, 3.05) is 23.5 Å². The molecule has 1 aromatic rings. The smallest absolute Gasteiger partial charge is 0.152 e. The van der Waals surface area contributed by atoms with Gasteiger partial charge in [-0.05, 0) is 43.0 Å². The number of rotatable bonds is 5. The second-order valence-corrected chi connectivity index (χ2v) is 8.48. The number of halogens is 1. The van der Waals surface area contributed by atoms with Gasteiger partial charge in [0.05, 0.1) is 11.5 Å². The summed E-state index contributed by atoms with van der Waals surface area (Å²) in [5.74, 6) is 0.505. The lowest BCUT2D eigenvalue weighted by molar-refractivity contribution is 0.600. The van der Waals surface area contributed by atoms with Crippen LogP contribution in [0.3, 0.4) is 0 Å². The number of hydrogen-bond acceptors (Lipinski definition) is 4. The number of sulfone groups is 1. The van der Waals surface area contributed by atoms with Crippen LogP contribution in [0, 0.1) is 0 Å². The molecule has 1 saturated heterocycles. The minimum atomic E-state index is -2.89. The third kappa shape index (κ3) is 4.11. The van der Waals surface area contributed by atoms with Gasteiger partial charge in [0.2, 0.25) is 0 Å². The van der Waals surface area contributed by atoms with Gasteiger partial charge in [-0.2, -0.15) is 0 Å². The predicted octanol–water partition coefficient (Wildman–Crippen LogP) is 2.24. The molecule has 0 bridgehead atoms. The molecule has 0 aliphatic carbocycles. The second kappa shape index (κ2) is 6.55. The Hall–Kier alpha value is -0.780. The summed E-state index contributed by atoms with van der Waals surface area (Å²) in [6.45, 7) is 2.06. The Morgan fingerprint density at radius 1 is 1.48 bits per heavy atom. The van der Waals surface area contributed by atoms with E-state index < -0.39 is 9.84 Å². The van der Waals surface area contributed by atoms with Gasteiger partial charge in [-0.3, -0.25) is 0 Å². The quantitative estimate of drug-likeness (QED) is 0.899. The molecule has 2 rings (SSSR count). The summed E-state index contributed by atoms with van der Waals surface area (Å²) < 4.78 is 23.3. The van der Waals surface area contributed by atoms with Crippen molar-refractivity contribution < 1.29 is 8.42 Å². The molecule has 2 N–H and O–H groups in total. The van der Waals surface area contributed by atoms with Gasteiger partial charge < -0.3 is 10.6 Å². The maximum Gasteiger partial charge on any atom is 0.152 e. The van der Waals surface area contributed by atoms with Crippen LogP contribution in [0.1, 0.15) is 25.3 Å². The van der Waals surface area contributed by atoms with E-state index in [-0.39, 0.29) is 23.6 Å². The third-order valence-electron chi connectivity index (χ3n) is 4.18. The Labute approximate surface area is 132 Å². The molecule has 6 heteroatoms. The Morgan fingerprint density at radius 3 is 2.76 bits per heavy atom. The molecule has 0 radical (unpaired) electrons. The van der Waals surface area contributed by atoms with Crippen LogP contribution in [-0.4, -0.2) is 39.1 Å². The molecule has 0 spiro atoms. The summed E-state index contributed by atoms with van der Waals surface area (Å²) in [7, 11) is -0.936. The standard InChI is InChI=1S/C15H23ClN2O2S/c1-3-13(17)9-11-8-12(16)4-5-15(11)18(2)14-6-7-21(19,20)10-14/h4-5,8,13-14H,3,6-7,9-10,17H2,1-2H3. The summed E-state index contributed by atoms with van der Waals surface area (Å²) in [4.78, 5) is 2.07. The molecule has 4 nitrogen and oxygen atoms in total. The maximum absolute atomic E-state index is 11.7. The summed E-state index contributed by atoms with van der Waals surface area (Å²) in [5.41, 5.74) is 8.18. The first-order valence-corrected chi connectivity index (χ1v) is 9.49. The van der Waals surface area contributed by atoms with E-state index in [2.05, 4.69) is 11.8 Å². The van der Waals surface area contributed by atoms with E-state index in [0.717, 1.165) is 24.1 Å². The number of nitrogens with zero attached hydrogens (tertiary/aromatic N) is 1. The topological polar surface area (TPSA) is 63.4 Å². The highest BCUT2D eigenvalue weighted by molar-refractivity contribution is 7.91. The van der Waals surface area contributed by atoms with Gasteiger partial charge in [-0.25, -0.2) is 8.42 Å². The summed E-state index contributed by atoms with van der Waals surface area (Å²) >= 11 is 6.10. The van der Waals surface area contributed by atoms with Crippen LogP contribution in [0.25, 0.3) is 0 Å². The minimum absolute atomic E-state index is 0.0350. The van der Waals surface area contributed by atoms with Gasteiger partial charge in [-0.1, -0.05) is 18.5 Å². The number of nitrogens with two attached hydrogens (primary N) is 1. The molecule has 0 aromatic heterocycles. The molecule has 1 aromatic carbocycles. The highest BCUT2D eigenvalue weighted by atomic mass is 35.5. The van der Waals surface area contributed by atoms with Crippen molar-refractivity contribution >= 4 is 27.1 Å². The highest BCUT2D eigenvalue weighted by Gasteiger charge is 2.31. The Balaban J connectivity index is 2.26. The first kappa shape index (κ1) is 16.6. The van der Waals surface area contributed by atoms with Gasteiger partial charge in [0.1, 0.15) is 0 Å². The summed E-state index contributed by atoms with van der Waals surface area (Å²) in [6.07, 6.45) is 2.32. The zero-order valence-corrected chi connectivity index (χ0v) is 14.1. The zero-order valence-electron chi connectivity index (χ0n) is 12.5. The molecule has 0 amide bonds. The number of hydrogen-bond donors (Lipinski definition) is 1. The fourth-order valence-electron chi connectivity index (χ4n) is 2.77. The van der Waals surface area contributed by atoms with Crippen molar-refractivity contribution in [1.29, 1.82) is 0 Å². The third-order valence-corrected chi connectivity index (χ3v) is 6.17.